The summed E-state index contributed by atoms with van der Waals surface area (Å²) in [7, 11) is 0. The first kappa shape index (κ1) is 10.1. The molecule has 0 saturated carbocycles. The van der Waals surface area contributed by atoms with E-state index in [1.165, 1.54) is 17.3 Å². The summed E-state index contributed by atoms with van der Waals surface area (Å²) in [5, 5.41) is 10.1. The Bertz CT molecular complexity index is 279. The van der Waals surface area contributed by atoms with Crippen LogP contribution >= 0.6 is 11.8 Å². The molecule has 3 heteroatoms. The lowest BCUT2D eigenvalue weighted by Gasteiger charge is -2.02. The normalized spacial score (nSPS) is 9.92. The van der Waals surface area contributed by atoms with Gasteiger partial charge in [-0.3, -0.25) is 0 Å². The van der Waals surface area contributed by atoms with Gasteiger partial charge in [0.1, 0.15) is 0 Å². The molecule has 0 heterocycles. The van der Waals surface area contributed by atoms with E-state index in [4.69, 9.17) is 0 Å². The van der Waals surface area contributed by atoms with Gasteiger partial charge in [0.2, 0.25) is 0 Å². The number of carboxylic acid groups (broad SMARTS) is 1. The molecule has 70 valence electrons. The predicted molar refractivity (Wildman–Crippen MR) is 52.3 cm³/mol. The number of benzene rings is 1. The van der Waals surface area contributed by atoms with Crippen LogP contribution in [-0.2, 0) is 10.5 Å². The van der Waals surface area contributed by atoms with Gasteiger partial charge in [-0.25, -0.2) is 0 Å². The van der Waals surface area contributed by atoms with Crippen LogP contribution in [0.3, 0.4) is 0 Å². The van der Waals surface area contributed by atoms with E-state index in [0.29, 0.717) is 0 Å². The maximum atomic E-state index is 10.1. The number of carbonyl (C=O) groups is 1. The van der Waals surface area contributed by atoms with Gasteiger partial charge in [0.25, 0.3) is 0 Å². The van der Waals surface area contributed by atoms with Gasteiger partial charge in [-0.15, -0.1) is 0 Å². The van der Waals surface area contributed by atoms with Gasteiger partial charge < -0.3 is 9.90 Å². The Kier molecular flexibility index (Phi) is 3.83. The third kappa shape index (κ3) is 3.99. The fraction of sp³-hybridized carbons (Fsp3) is 0.300. The van der Waals surface area contributed by atoms with Gasteiger partial charge in [-0.1, -0.05) is 29.8 Å². The first-order valence-corrected chi connectivity index (χ1v) is 5.17. The van der Waals surface area contributed by atoms with Crippen LogP contribution in [0.1, 0.15) is 11.1 Å². The third-order valence-electron chi connectivity index (χ3n) is 1.61. The predicted octanol–water partition coefficient (Wildman–Crippen LogP) is 0.978. The van der Waals surface area contributed by atoms with Crippen LogP contribution in [0.5, 0.6) is 0 Å². The van der Waals surface area contributed by atoms with Gasteiger partial charge >= 0.3 is 0 Å². The zero-order chi connectivity index (χ0) is 9.68. The summed E-state index contributed by atoms with van der Waals surface area (Å²) < 4.78 is 0. The van der Waals surface area contributed by atoms with Crippen molar-refractivity contribution in [2.24, 2.45) is 0 Å². The molecule has 0 amide bonds. The van der Waals surface area contributed by atoms with Crippen LogP contribution in [0.25, 0.3) is 0 Å². The molecule has 0 radical (unpaired) electrons. The molecule has 0 aromatic heterocycles. The van der Waals surface area contributed by atoms with Crippen LogP contribution in [0.2, 0.25) is 0 Å². The van der Waals surface area contributed by atoms with Crippen molar-refractivity contribution in [2.45, 2.75) is 12.7 Å². The molecule has 2 nitrogen and oxygen atoms in total. The first-order valence-electron chi connectivity index (χ1n) is 4.01. The monoisotopic (exact) mass is 195 g/mol. The summed E-state index contributed by atoms with van der Waals surface area (Å²) in [6.07, 6.45) is 0. The van der Waals surface area contributed by atoms with Gasteiger partial charge in [-0.05, 0) is 12.5 Å². The zero-order valence-corrected chi connectivity index (χ0v) is 8.26. The first-order chi connectivity index (χ1) is 6.18. The summed E-state index contributed by atoms with van der Waals surface area (Å²) >= 11 is 1.36. The molecule has 0 saturated heterocycles. The van der Waals surface area contributed by atoms with E-state index in [0.717, 1.165) is 11.3 Å². The number of hydrogen-bond donors (Lipinski definition) is 0. The molecule has 1 aromatic carbocycles. The van der Waals surface area contributed by atoms with Crippen molar-refractivity contribution in [1.29, 1.82) is 0 Å². The third-order valence-corrected chi connectivity index (χ3v) is 2.59. The lowest BCUT2D eigenvalue weighted by Crippen LogP contribution is -2.24. The Morgan fingerprint density at radius 3 is 2.54 bits per heavy atom. The molecule has 1 rings (SSSR count). The maximum absolute atomic E-state index is 10.1. The Morgan fingerprint density at radius 1 is 1.38 bits per heavy atom. The average molecular weight is 195 g/mol. The number of carboxylic acids is 1. The van der Waals surface area contributed by atoms with Gasteiger partial charge in [-0.2, -0.15) is 11.8 Å². The maximum Gasteiger partial charge on any atom is 0.0513 e. The zero-order valence-electron chi connectivity index (χ0n) is 7.45. The number of carbonyl (C=O) groups excluding carboxylic acids is 1. The lowest BCUT2D eigenvalue weighted by molar-refractivity contribution is -0.301. The van der Waals surface area contributed by atoms with Gasteiger partial charge in [0.05, 0.1) is 5.97 Å². The largest absolute Gasteiger partial charge is 0.549 e. The minimum Gasteiger partial charge on any atom is -0.549 e. The summed E-state index contributed by atoms with van der Waals surface area (Å²) in [4.78, 5) is 10.1. The highest BCUT2D eigenvalue weighted by atomic mass is 32.2. The summed E-state index contributed by atoms with van der Waals surface area (Å²) in [6, 6.07) is 8.07. The highest BCUT2D eigenvalue weighted by Crippen LogP contribution is 2.11. The molecule has 0 spiro atoms. The van der Waals surface area contributed by atoms with Crippen molar-refractivity contribution >= 4 is 17.7 Å². The summed E-state index contributed by atoms with van der Waals surface area (Å²) in [6.45, 7) is 2.03. The van der Waals surface area contributed by atoms with E-state index in [2.05, 4.69) is 0 Å². The number of thioether (sulfide) groups is 1. The van der Waals surface area contributed by atoms with Crippen LogP contribution in [0, 0.1) is 6.92 Å². The second-order valence-electron chi connectivity index (χ2n) is 2.85. The van der Waals surface area contributed by atoms with Gasteiger partial charge in [0, 0.05) is 11.5 Å². The molecule has 0 N–H and O–H groups in total. The Hall–Kier alpha value is -0.960. The Balaban J connectivity index is 2.37. The van der Waals surface area contributed by atoms with Crippen molar-refractivity contribution < 1.29 is 9.90 Å². The van der Waals surface area contributed by atoms with E-state index >= 15 is 0 Å². The fourth-order valence-electron chi connectivity index (χ4n) is 0.937. The minimum atomic E-state index is -1.00. The molecular formula is C10H11O2S-. The molecule has 1 aromatic rings. The smallest absolute Gasteiger partial charge is 0.0513 e. The molecular weight excluding hydrogens is 184 g/mol. The Labute approximate surface area is 82.0 Å². The van der Waals surface area contributed by atoms with Crippen molar-refractivity contribution in [3.8, 4) is 0 Å². The molecule has 0 aliphatic heterocycles. The fourth-order valence-corrected chi connectivity index (χ4v) is 1.63. The summed E-state index contributed by atoms with van der Waals surface area (Å²) in [5.74, 6) is -0.209. The van der Waals surface area contributed by atoms with Crippen molar-refractivity contribution in [2.75, 3.05) is 5.75 Å². The van der Waals surface area contributed by atoms with Crippen molar-refractivity contribution in [1.82, 2.24) is 0 Å². The minimum absolute atomic E-state index is 0.0634. The summed E-state index contributed by atoms with van der Waals surface area (Å²) in [5.41, 5.74) is 2.37. The second kappa shape index (κ2) is 4.92. The quantitative estimate of drug-likeness (QED) is 0.719. The van der Waals surface area contributed by atoms with E-state index in [1.807, 2.05) is 31.2 Å². The van der Waals surface area contributed by atoms with Crippen LogP contribution in [-0.4, -0.2) is 11.7 Å². The number of aliphatic carboxylic acids is 1. The van der Waals surface area contributed by atoms with Crippen LogP contribution in [0.15, 0.2) is 24.3 Å². The molecule has 0 fully saturated rings. The number of rotatable bonds is 4. The van der Waals surface area contributed by atoms with Crippen molar-refractivity contribution in [3.63, 3.8) is 0 Å². The van der Waals surface area contributed by atoms with Crippen LogP contribution in [0.4, 0.5) is 0 Å². The number of hydrogen-bond acceptors (Lipinski definition) is 3. The molecule has 0 aliphatic carbocycles. The van der Waals surface area contributed by atoms with E-state index in [-0.39, 0.29) is 5.75 Å². The van der Waals surface area contributed by atoms with E-state index in [9.17, 15) is 9.90 Å². The SMILES string of the molecule is Cc1ccc(CSCC(=O)[O-])cc1. The highest BCUT2D eigenvalue weighted by Gasteiger charge is 1.93. The molecule has 0 bridgehead atoms. The highest BCUT2D eigenvalue weighted by molar-refractivity contribution is 7.99. The molecule has 0 aliphatic rings. The Morgan fingerprint density at radius 2 is 2.00 bits per heavy atom. The molecule has 0 atom stereocenters. The van der Waals surface area contributed by atoms with Crippen molar-refractivity contribution in [3.05, 3.63) is 35.4 Å². The molecule has 13 heavy (non-hydrogen) atoms. The average Bonchev–Trinajstić information content (AvgIpc) is 2.08. The number of aryl methyl sites for hydroxylation is 1. The van der Waals surface area contributed by atoms with Gasteiger partial charge in [0.15, 0.2) is 0 Å². The lowest BCUT2D eigenvalue weighted by atomic mass is 10.2. The van der Waals surface area contributed by atoms with E-state index in [1.54, 1.807) is 0 Å². The van der Waals surface area contributed by atoms with Crippen LogP contribution < -0.4 is 5.11 Å². The molecule has 0 unspecified atom stereocenters. The second-order valence-corrected chi connectivity index (χ2v) is 3.84. The standard InChI is InChI=1S/C10H12O2S/c1-8-2-4-9(5-3-8)6-13-7-10(11)12/h2-5H,6-7H2,1H3,(H,11,12)/p-1. The topological polar surface area (TPSA) is 40.1 Å². The van der Waals surface area contributed by atoms with E-state index < -0.39 is 5.97 Å².